The molecule has 0 spiro atoms. The molecule has 0 unspecified atom stereocenters. The van der Waals surface area contributed by atoms with Crippen LogP contribution in [0.5, 0.6) is 0 Å². The molecule has 0 aliphatic heterocycles. The molecule has 100 valence electrons. The first-order chi connectivity index (χ1) is 9.01. The summed E-state index contributed by atoms with van der Waals surface area (Å²) in [5, 5.41) is 0.253. The maximum Gasteiger partial charge on any atom is 0.263 e. The number of halogens is 1. The topological polar surface area (TPSA) is 59.1 Å². The van der Waals surface area contributed by atoms with E-state index in [0.29, 0.717) is 5.69 Å². The van der Waals surface area contributed by atoms with E-state index in [2.05, 4.69) is 9.71 Å². The molecule has 4 nitrogen and oxygen atoms in total. The maximum atomic E-state index is 12.1. The Morgan fingerprint density at radius 3 is 2.37 bits per heavy atom. The maximum absolute atomic E-state index is 12.1. The minimum Gasteiger partial charge on any atom is -0.280 e. The molecule has 0 amide bonds. The second-order valence-electron chi connectivity index (χ2n) is 3.65. The van der Waals surface area contributed by atoms with Gasteiger partial charge in [0, 0.05) is 16.8 Å². The van der Waals surface area contributed by atoms with Gasteiger partial charge in [-0.1, -0.05) is 11.6 Å². The average Bonchev–Trinajstić information content (AvgIpc) is 2.40. The third-order valence-electron chi connectivity index (χ3n) is 2.35. The summed E-state index contributed by atoms with van der Waals surface area (Å²) >= 11 is 7.22. The van der Waals surface area contributed by atoms with Gasteiger partial charge in [0.15, 0.2) is 0 Å². The molecule has 1 N–H and O–H groups in total. The predicted octanol–water partition coefficient (Wildman–Crippen LogP) is 3.26. The zero-order valence-electron chi connectivity index (χ0n) is 10.00. The van der Waals surface area contributed by atoms with Crippen LogP contribution in [0.25, 0.3) is 0 Å². The van der Waals surface area contributed by atoms with Gasteiger partial charge in [-0.05, 0) is 42.7 Å². The van der Waals surface area contributed by atoms with Gasteiger partial charge in [-0.2, -0.15) is 0 Å². The van der Waals surface area contributed by atoms with Gasteiger partial charge in [0.2, 0.25) is 0 Å². The zero-order valence-corrected chi connectivity index (χ0v) is 12.4. The van der Waals surface area contributed by atoms with Crippen LogP contribution >= 0.6 is 23.4 Å². The van der Waals surface area contributed by atoms with Crippen molar-refractivity contribution in [1.82, 2.24) is 4.98 Å². The lowest BCUT2D eigenvalue weighted by Gasteiger charge is -2.08. The van der Waals surface area contributed by atoms with Crippen molar-refractivity contribution in [2.24, 2.45) is 0 Å². The Morgan fingerprint density at radius 2 is 1.84 bits per heavy atom. The number of pyridine rings is 1. The van der Waals surface area contributed by atoms with Crippen LogP contribution in [0.3, 0.4) is 0 Å². The first kappa shape index (κ1) is 14.2. The summed E-state index contributed by atoms with van der Waals surface area (Å²) in [5.41, 5.74) is 0.507. The Hall–Kier alpha value is -1.24. The molecule has 0 saturated carbocycles. The molecule has 19 heavy (non-hydrogen) atoms. The van der Waals surface area contributed by atoms with Gasteiger partial charge in [0.05, 0.1) is 0 Å². The molecule has 0 fully saturated rings. The van der Waals surface area contributed by atoms with Gasteiger partial charge in [-0.3, -0.25) is 4.72 Å². The van der Waals surface area contributed by atoms with Crippen molar-refractivity contribution in [1.29, 1.82) is 0 Å². The highest BCUT2D eigenvalue weighted by Gasteiger charge is 2.14. The van der Waals surface area contributed by atoms with Crippen LogP contribution in [0, 0.1) is 0 Å². The molecular formula is C12H11ClN2O2S2. The minimum atomic E-state index is -3.63. The summed E-state index contributed by atoms with van der Waals surface area (Å²) in [6.45, 7) is 0. The lowest BCUT2D eigenvalue weighted by Crippen LogP contribution is -2.13. The van der Waals surface area contributed by atoms with Crippen LogP contribution in [-0.4, -0.2) is 19.7 Å². The largest absolute Gasteiger partial charge is 0.280 e. The van der Waals surface area contributed by atoms with Gasteiger partial charge in [-0.15, -0.1) is 11.8 Å². The fraction of sp³-hybridized carbons (Fsp3) is 0.0833. The fourth-order valence-electron chi connectivity index (χ4n) is 1.39. The standard InChI is InChI=1S/C12H11ClN2O2S2/c1-18-10-4-2-9(3-5-10)15-19(16,17)11-6-7-12(13)14-8-11/h2-8,15H,1H3. The summed E-state index contributed by atoms with van der Waals surface area (Å²) in [6.07, 6.45) is 3.18. The van der Waals surface area contributed by atoms with E-state index in [1.807, 2.05) is 18.4 Å². The Bertz CT molecular complexity index is 655. The molecule has 0 aliphatic carbocycles. The average molecular weight is 315 g/mol. The number of benzene rings is 1. The second kappa shape index (κ2) is 5.81. The van der Waals surface area contributed by atoms with Crippen LogP contribution in [0.15, 0.2) is 52.4 Å². The molecule has 0 atom stereocenters. The molecule has 0 saturated heterocycles. The van der Waals surface area contributed by atoms with E-state index in [9.17, 15) is 8.42 Å². The number of hydrogen-bond acceptors (Lipinski definition) is 4. The normalized spacial score (nSPS) is 11.3. The minimum absolute atomic E-state index is 0.0749. The predicted molar refractivity (Wildman–Crippen MR) is 78.3 cm³/mol. The van der Waals surface area contributed by atoms with Crippen LogP contribution in [0.2, 0.25) is 5.15 Å². The SMILES string of the molecule is CSc1ccc(NS(=O)(=O)c2ccc(Cl)nc2)cc1. The Morgan fingerprint density at radius 1 is 1.16 bits per heavy atom. The van der Waals surface area contributed by atoms with Crippen molar-refractivity contribution in [2.45, 2.75) is 9.79 Å². The smallest absolute Gasteiger partial charge is 0.263 e. The van der Waals surface area contributed by atoms with Gasteiger partial charge in [0.1, 0.15) is 10.0 Å². The highest BCUT2D eigenvalue weighted by molar-refractivity contribution is 7.98. The first-order valence-electron chi connectivity index (χ1n) is 5.30. The summed E-state index contributed by atoms with van der Waals surface area (Å²) in [6, 6.07) is 9.98. The van der Waals surface area contributed by atoms with E-state index in [0.717, 1.165) is 4.90 Å². The highest BCUT2D eigenvalue weighted by Crippen LogP contribution is 2.20. The molecule has 0 aliphatic rings. The number of anilines is 1. The molecule has 0 radical (unpaired) electrons. The Labute approximate surface area is 121 Å². The number of sulfonamides is 1. The Balaban J connectivity index is 2.23. The van der Waals surface area contributed by atoms with E-state index in [4.69, 9.17) is 11.6 Å². The van der Waals surface area contributed by atoms with Gasteiger partial charge >= 0.3 is 0 Å². The monoisotopic (exact) mass is 314 g/mol. The van der Waals surface area contributed by atoms with Crippen LogP contribution in [0.1, 0.15) is 0 Å². The molecular weight excluding hydrogens is 304 g/mol. The van der Waals surface area contributed by atoms with Crippen molar-refractivity contribution in [3.05, 3.63) is 47.7 Å². The van der Waals surface area contributed by atoms with Crippen molar-refractivity contribution >= 4 is 39.1 Å². The van der Waals surface area contributed by atoms with E-state index in [-0.39, 0.29) is 10.0 Å². The van der Waals surface area contributed by atoms with Crippen molar-refractivity contribution in [2.75, 3.05) is 11.0 Å². The summed E-state index contributed by atoms with van der Waals surface area (Å²) < 4.78 is 26.6. The van der Waals surface area contributed by atoms with Crippen molar-refractivity contribution in [3.63, 3.8) is 0 Å². The van der Waals surface area contributed by atoms with Crippen LogP contribution < -0.4 is 4.72 Å². The molecule has 2 rings (SSSR count). The fourth-order valence-corrected chi connectivity index (χ4v) is 2.92. The third-order valence-corrected chi connectivity index (χ3v) is 4.69. The highest BCUT2D eigenvalue weighted by atomic mass is 35.5. The number of nitrogens with one attached hydrogen (secondary N) is 1. The van der Waals surface area contributed by atoms with Crippen LogP contribution in [0.4, 0.5) is 5.69 Å². The molecule has 2 aromatic rings. The lowest BCUT2D eigenvalue weighted by molar-refractivity contribution is 0.601. The van der Waals surface area contributed by atoms with E-state index in [1.165, 1.54) is 18.3 Å². The quantitative estimate of drug-likeness (QED) is 0.695. The van der Waals surface area contributed by atoms with E-state index in [1.54, 1.807) is 23.9 Å². The lowest BCUT2D eigenvalue weighted by atomic mass is 10.3. The number of hydrogen-bond donors (Lipinski definition) is 1. The molecule has 1 aromatic heterocycles. The van der Waals surface area contributed by atoms with Crippen molar-refractivity contribution < 1.29 is 8.42 Å². The van der Waals surface area contributed by atoms with Gasteiger partial charge in [0.25, 0.3) is 10.0 Å². The number of thioether (sulfide) groups is 1. The van der Waals surface area contributed by atoms with E-state index >= 15 is 0 Å². The molecule has 7 heteroatoms. The molecule has 1 heterocycles. The summed E-state index contributed by atoms with van der Waals surface area (Å²) in [7, 11) is -3.63. The summed E-state index contributed by atoms with van der Waals surface area (Å²) in [5.74, 6) is 0. The van der Waals surface area contributed by atoms with E-state index < -0.39 is 10.0 Å². The van der Waals surface area contributed by atoms with Crippen molar-refractivity contribution in [3.8, 4) is 0 Å². The number of aromatic nitrogens is 1. The van der Waals surface area contributed by atoms with Gasteiger partial charge < -0.3 is 0 Å². The molecule has 1 aromatic carbocycles. The second-order valence-corrected chi connectivity index (χ2v) is 6.60. The Kier molecular flexibility index (Phi) is 4.34. The zero-order chi connectivity index (χ0) is 13.9. The first-order valence-corrected chi connectivity index (χ1v) is 8.38. The number of nitrogens with zero attached hydrogens (tertiary/aromatic N) is 1. The van der Waals surface area contributed by atoms with Gasteiger partial charge in [-0.25, -0.2) is 13.4 Å². The van der Waals surface area contributed by atoms with Crippen LogP contribution in [-0.2, 0) is 10.0 Å². The summed E-state index contributed by atoms with van der Waals surface area (Å²) in [4.78, 5) is 4.90. The molecule has 0 bridgehead atoms. The number of rotatable bonds is 4. The third kappa shape index (κ3) is 3.62.